The number of amides is 1. The summed E-state index contributed by atoms with van der Waals surface area (Å²) in [7, 11) is 0. The highest BCUT2D eigenvalue weighted by Gasteiger charge is 2.20. The van der Waals surface area contributed by atoms with E-state index in [0.717, 1.165) is 26.2 Å². The van der Waals surface area contributed by atoms with Crippen LogP contribution < -0.4 is 10.6 Å². The molecule has 108 valence electrons. The van der Waals surface area contributed by atoms with Crippen LogP contribution in [-0.2, 0) is 4.79 Å². The van der Waals surface area contributed by atoms with E-state index in [1.54, 1.807) is 0 Å². The molecule has 0 spiro atoms. The first-order valence-electron chi connectivity index (χ1n) is 7.57. The molecular weight excluding hydrogens is 226 g/mol. The van der Waals surface area contributed by atoms with Crippen molar-refractivity contribution in [3.05, 3.63) is 0 Å². The van der Waals surface area contributed by atoms with Gasteiger partial charge in [0.2, 0.25) is 5.91 Å². The first-order chi connectivity index (χ1) is 8.84. The summed E-state index contributed by atoms with van der Waals surface area (Å²) >= 11 is 0. The molecular formula is C14H31N3O. The molecule has 0 aromatic carbocycles. The maximum Gasteiger partial charge on any atom is 0.234 e. The highest BCUT2D eigenvalue weighted by atomic mass is 16.2. The molecule has 0 aromatic rings. The fraction of sp³-hybridized carbons (Fsp3) is 0.929. The molecule has 2 rings (SSSR count). The van der Waals surface area contributed by atoms with Crippen molar-refractivity contribution in [3.8, 4) is 0 Å². The lowest BCUT2D eigenvalue weighted by atomic mass is 10.1. The van der Waals surface area contributed by atoms with E-state index in [1.807, 2.05) is 27.7 Å². The van der Waals surface area contributed by atoms with E-state index in [9.17, 15) is 4.79 Å². The molecule has 18 heavy (non-hydrogen) atoms. The van der Waals surface area contributed by atoms with Crippen molar-refractivity contribution in [1.82, 2.24) is 15.5 Å². The van der Waals surface area contributed by atoms with Gasteiger partial charge in [-0.25, -0.2) is 0 Å². The van der Waals surface area contributed by atoms with Gasteiger partial charge in [-0.05, 0) is 25.9 Å². The summed E-state index contributed by atoms with van der Waals surface area (Å²) in [5.41, 5.74) is 0. The molecule has 2 aliphatic heterocycles. The predicted molar refractivity (Wildman–Crippen MR) is 77.8 cm³/mol. The quantitative estimate of drug-likeness (QED) is 0.807. The molecule has 0 atom stereocenters. The Morgan fingerprint density at radius 2 is 1.67 bits per heavy atom. The number of carbonyl (C=O) groups is 1. The normalized spacial score (nSPS) is 19.6. The van der Waals surface area contributed by atoms with E-state index in [-0.39, 0.29) is 5.91 Å². The molecule has 4 heteroatoms. The van der Waals surface area contributed by atoms with Crippen LogP contribution >= 0.6 is 0 Å². The number of hydrogen-bond acceptors (Lipinski definition) is 3. The number of piperidine rings is 1. The topological polar surface area (TPSA) is 44.4 Å². The van der Waals surface area contributed by atoms with Gasteiger partial charge in [-0.3, -0.25) is 9.69 Å². The van der Waals surface area contributed by atoms with Gasteiger partial charge in [0.1, 0.15) is 0 Å². The number of rotatable bonds is 3. The lowest BCUT2D eigenvalue weighted by Crippen LogP contribution is -2.58. The zero-order chi connectivity index (χ0) is 13.8. The number of hydrogen-bond donors (Lipinski definition) is 2. The zero-order valence-electron chi connectivity index (χ0n) is 12.6. The van der Waals surface area contributed by atoms with Crippen LogP contribution in [0, 0.1) is 0 Å². The SMILES string of the molecule is CC.CC.O=C(CN1CCCCC1)NC1CNC1. The Kier molecular flexibility index (Phi) is 11.1. The van der Waals surface area contributed by atoms with Crippen molar-refractivity contribution in [3.63, 3.8) is 0 Å². The third kappa shape index (κ3) is 6.97. The molecule has 0 unspecified atom stereocenters. The molecule has 2 heterocycles. The Morgan fingerprint density at radius 3 is 2.11 bits per heavy atom. The molecule has 1 amide bonds. The third-order valence-corrected chi connectivity index (χ3v) is 2.96. The monoisotopic (exact) mass is 257 g/mol. The molecule has 0 radical (unpaired) electrons. The summed E-state index contributed by atoms with van der Waals surface area (Å²) in [6.45, 7) is 12.7. The van der Waals surface area contributed by atoms with Crippen LogP contribution in [-0.4, -0.2) is 49.6 Å². The molecule has 2 N–H and O–H groups in total. The van der Waals surface area contributed by atoms with Gasteiger partial charge in [-0.1, -0.05) is 34.1 Å². The molecule has 2 aliphatic rings. The largest absolute Gasteiger partial charge is 0.350 e. The maximum absolute atomic E-state index is 11.5. The van der Waals surface area contributed by atoms with Crippen LogP contribution in [0.1, 0.15) is 47.0 Å². The highest BCUT2D eigenvalue weighted by Crippen LogP contribution is 2.07. The van der Waals surface area contributed by atoms with E-state index >= 15 is 0 Å². The average Bonchev–Trinajstić information content (AvgIpc) is 2.40. The Morgan fingerprint density at radius 1 is 1.11 bits per heavy atom. The van der Waals surface area contributed by atoms with Gasteiger partial charge in [0.15, 0.2) is 0 Å². The summed E-state index contributed by atoms with van der Waals surface area (Å²) in [6.07, 6.45) is 3.82. The third-order valence-electron chi connectivity index (χ3n) is 2.96. The van der Waals surface area contributed by atoms with Gasteiger partial charge in [-0.15, -0.1) is 0 Å². The number of nitrogens with zero attached hydrogens (tertiary/aromatic N) is 1. The van der Waals surface area contributed by atoms with E-state index in [4.69, 9.17) is 0 Å². The van der Waals surface area contributed by atoms with Crippen molar-refractivity contribution >= 4 is 5.91 Å². The Hall–Kier alpha value is -0.610. The highest BCUT2D eigenvalue weighted by molar-refractivity contribution is 5.78. The molecule has 4 nitrogen and oxygen atoms in total. The van der Waals surface area contributed by atoms with Crippen LogP contribution in [0.15, 0.2) is 0 Å². The van der Waals surface area contributed by atoms with Crippen molar-refractivity contribution in [2.75, 3.05) is 32.7 Å². The van der Waals surface area contributed by atoms with Gasteiger partial charge in [-0.2, -0.15) is 0 Å². The van der Waals surface area contributed by atoms with Gasteiger partial charge in [0, 0.05) is 13.1 Å². The second kappa shape index (κ2) is 11.5. The molecule has 0 aromatic heterocycles. The number of likely N-dealkylation sites (tertiary alicyclic amines) is 1. The average molecular weight is 257 g/mol. The zero-order valence-corrected chi connectivity index (χ0v) is 12.6. The molecule has 0 saturated carbocycles. The second-order valence-electron chi connectivity index (χ2n) is 4.26. The first-order valence-corrected chi connectivity index (χ1v) is 7.57. The minimum Gasteiger partial charge on any atom is -0.350 e. The van der Waals surface area contributed by atoms with Crippen LogP contribution in [0.25, 0.3) is 0 Å². The van der Waals surface area contributed by atoms with Crippen LogP contribution in [0.4, 0.5) is 0 Å². The van der Waals surface area contributed by atoms with Crippen LogP contribution in [0.5, 0.6) is 0 Å². The van der Waals surface area contributed by atoms with Gasteiger partial charge >= 0.3 is 0 Å². The van der Waals surface area contributed by atoms with E-state index in [2.05, 4.69) is 15.5 Å². The Bertz CT molecular complexity index is 199. The lowest BCUT2D eigenvalue weighted by Gasteiger charge is -2.30. The van der Waals surface area contributed by atoms with Gasteiger partial charge in [0.25, 0.3) is 0 Å². The predicted octanol–water partition coefficient (Wildman–Crippen LogP) is 1.61. The van der Waals surface area contributed by atoms with E-state index in [0.29, 0.717) is 12.6 Å². The molecule has 0 aliphatic carbocycles. The summed E-state index contributed by atoms with van der Waals surface area (Å²) in [5.74, 6) is 0.193. The van der Waals surface area contributed by atoms with Crippen molar-refractivity contribution in [2.45, 2.75) is 53.0 Å². The molecule has 0 bridgehead atoms. The minimum atomic E-state index is 0.193. The van der Waals surface area contributed by atoms with E-state index in [1.165, 1.54) is 19.3 Å². The fourth-order valence-corrected chi connectivity index (χ4v) is 1.98. The van der Waals surface area contributed by atoms with Crippen molar-refractivity contribution in [1.29, 1.82) is 0 Å². The molecule has 2 fully saturated rings. The van der Waals surface area contributed by atoms with Crippen LogP contribution in [0.3, 0.4) is 0 Å². The standard InChI is InChI=1S/C10H19N3O.2C2H6/c14-10(12-9-6-11-7-9)8-13-4-2-1-3-5-13;2*1-2/h9,11H,1-8H2,(H,12,14);2*1-2H3. The summed E-state index contributed by atoms with van der Waals surface area (Å²) in [5, 5.41) is 6.16. The van der Waals surface area contributed by atoms with Gasteiger partial charge < -0.3 is 10.6 Å². The second-order valence-corrected chi connectivity index (χ2v) is 4.26. The van der Waals surface area contributed by atoms with Gasteiger partial charge in [0.05, 0.1) is 12.6 Å². The van der Waals surface area contributed by atoms with E-state index < -0.39 is 0 Å². The smallest absolute Gasteiger partial charge is 0.234 e. The Labute approximate surface area is 113 Å². The minimum absolute atomic E-state index is 0.193. The number of carbonyl (C=O) groups excluding carboxylic acids is 1. The summed E-state index contributed by atoms with van der Waals surface area (Å²) < 4.78 is 0. The first kappa shape index (κ1) is 17.4. The maximum atomic E-state index is 11.5. The summed E-state index contributed by atoms with van der Waals surface area (Å²) in [4.78, 5) is 13.8. The van der Waals surface area contributed by atoms with Crippen molar-refractivity contribution < 1.29 is 4.79 Å². The molecule has 2 saturated heterocycles. The van der Waals surface area contributed by atoms with Crippen molar-refractivity contribution in [2.24, 2.45) is 0 Å². The fourth-order valence-electron chi connectivity index (χ4n) is 1.98. The Balaban J connectivity index is 0.000000659. The lowest BCUT2D eigenvalue weighted by molar-refractivity contribution is -0.123. The van der Waals surface area contributed by atoms with Crippen LogP contribution in [0.2, 0.25) is 0 Å². The number of nitrogens with one attached hydrogen (secondary N) is 2. The summed E-state index contributed by atoms with van der Waals surface area (Å²) in [6, 6.07) is 0.382.